The summed E-state index contributed by atoms with van der Waals surface area (Å²) in [5.41, 5.74) is 13.3. The van der Waals surface area contributed by atoms with Gasteiger partial charge in [-0.1, -0.05) is 23.2 Å². The Morgan fingerprint density at radius 3 is 2.27 bits per heavy atom. The molecule has 1 aromatic carbocycles. The first-order chi connectivity index (χ1) is 10.5. The molecule has 22 heavy (non-hydrogen) atoms. The zero-order valence-corrected chi connectivity index (χ0v) is 13.3. The summed E-state index contributed by atoms with van der Waals surface area (Å²) in [6, 6.07) is 5.68. The SMILES string of the molecule is Nc1ncc(N2CCN(c3ccc(Cl)c(Cl)c3)CC2)c(N)n1. The van der Waals surface area contributed by atoms with Crippen LogP contribution in [-0.4, -0.2) is 36.1 Å². The van der Waals surface area contributed by atoms with E-state index in [1.807, 2.05) is 18.2 Å². The van der Waals surface area contributed by atoms with E-state index in [2.05, 4.69) is 19.8 Å². The van der Waals surface area contributed by atoms with E-state index in [4.69, 9.17) is 34.7 Å². The minimum Gasteiger partial charge on any atom is -0.382 e. The molecule has 0 radical (unpaired) electrons. The number of nitrogens with zero attached hydrogens (tertiary/aromatic N) is 4. The van der Waals surface area contributed by atoms with Crippen LogP contribution in [0.2, 0.25) is 10.0 Å². The van der Waals surface area contributed by atoms with Crippen molar-refractivity contribution in [1.82, 2.24) is 9.97 Å². The second kappa shape index (κ2) is 6.06. The minimum atomic E-state index is 0.190. The Bertz CT molecular complexity index is 685. The highest BCUT2D eigenvalue weighted by molar-refractivity contribution is 6.42. The number of hydrogen-bond donors (Lipinski definition) is 2. The van der Waals surface area contributed by atoms with E-state index in [-0.39, 0.29) is 5.95 Å². The first-order valence-corrected chi connectivity index (χ1v) is 7.63. The van der Waals surface area contributed by atoms with Crippen LogP contribution in [0.5, 0.6) is 0 Å². The van der Waals surface area contributed by atoms with E-state index in [9.17, 15) is 0 Å². The molecular formula is C14H16Cl2N6. The smallest absolute Gasteiger partial charge is 0.222 e. The summed E-state index contributed by atoms with van der Waals surface area (Å²) < 4.78 is 0. The van der Waals surface area contributed by atoms with E-state index >= 15 is 0 Å². The molecule has 116 valence electrons. The highest BCUT2D eigenvalue weighted by atomic mass is 35.5. The van der Waals surface area contributed by atoms with Crippen LogP contribution >= 0.6 is 23.2 Å². The van der Waals surface area contributed by atoms with Crippen LogP contribution in [0.15, 0.2) is 24.4 Å². The van der Waals surface area contributed by atoms with Gasteiger partial charge in [0.25, 0.3) is 0 Å². The molecule has 4 N–H and O–H groups in total. The Hall–Kier alpha value is -1.92. The van der Waals surface area contributed by atoms with Crippen LogP contribution in [0.25, 0.3) is 0 Å². The third-order valence-corrected chi connectivity index (χ3v) is 4.44. The van der Waals surface area contributed by atoms with Crippen molar-refractivity contribution in [1.29, 1.82) is 0 Å². The van der Waals surface area contributed by atoms with Gasteiger partial charge in [-0.05, 0) is 18.2 Å². The molecule has 0 spiro atoms. The molecule has 0 bridgehead atoms. The van der Waals surface area contributed by atoms with Gasteiger partial charge in [0.05, 0.1) is 21.9 Å². The van der Waals surface area contributed by atoms with E-state index < -0.39 is 0 Å². The fraction of sp³-hybridized carbons (Fsp3) is 0.286. The monoisotopic (exact) mass is 338 g/mol. The first-order valence-electron chi connectivity index (χ1n) is 6.87. The van der Waals surface area contributed by atoms with Crippen LogP contribution in [0.3, 0.4) is 0 Å². The molecule has 1 aromatic heterocycles. The average Bonchev–Trinajstić information content (AvgIpc) is 2.50. The summed E-state index contributed by atoms with van der Waals surface area (Å²) in [6.07, 6.45) is 1.67. The zero-order chi connectivity index (χ0) is 15.7. The predicted molar refractivity (Wildman–Crippen MR) is 91.7 cm³/mol. The molecule has 0 saturated carbocycles. The number of piperazine rings is 1. The highest BCUT2D eigenvalue weighted by Gasteiger charge is 2.20. The highest BCUT2D eigenvalue weighted by Crippen LogP contribution is 2.29. The number of rotatable bonds is 2. The van der Waals surface area contributed by atoms with Gasteiger partial charge in [0.1, 0.15) is 0 Å². The van der Waals surface area contributed by atoms with Gasteiger partial charge in [0.15, 0.2) is 5.82 Å². The van der Waals surface area contributed by atoms with E-state index in [0.717, 1.165) is 37.6 Å². The molecule has 2 heterocycles. The van der Waals surface area contributed by atoms with Crippen molar-refractivity contribution in [2.45, 2.75) is 0 Å². The Morgan fingerprint density at radius 1 is 0.955 bits per heavy atom. The lowest BCUT2D eigenvalue weighted by molar-refractivity contribution is 0.652. The minimum absolute atomic E-state index is 0.190. The molecule has 6 nitrogen and oxygen atoms in total. The van der Waals surface area contributed by atoms with E-state index in [1.54, 1.807) is 6.20 Å². The summed E-state index contributed by atoms with van der Waals surface area (Å²) in [5.74, 6) is 0.603. The van der Waals surface area contributed by atoms with Crippen LogP contribution in [0.4, 0.5) is 23.1 Å². The van der Waals surface area contributed by atoms with Gasteiger partial charge in [-0.3, -0.25) is 0 Å². The molecule has 1 aliphatic rings. The zero-order valence-electron chi connectivity index (χ0n) is 11.8. The van der Waals surface area contributed by atoms with Crippen molar-refractivity contribution in [3.8, 4) is 0 Å². The fourth-order valence-electron chi connectivity index (χ4n) is 2.53. The maximum atomic E-state index is 6.08. The Morgan fingerprint density at radius 2 is 1.64 bits per heavy atom. The van der Waals surface area contributed by atoms with Crippen LogP contribution in [0.1, 0.15) is 0 Å². The fourth-order valence-corrected chi connectivity index (χ4v) is 2.83. The number of halogens is 2. The summed E-state index contributed by atoms with van der Waals surface area (Å²) in [7, 11) is 0. The van der Waals surface area contributed by atoms with Gasteiger partial charge < -0.3 is 21.3 Å². The molecule has 1 aliphatic heterocycles. The van der Waals surface area contributed by atoms with E-state index in [0.29, 0.717) is 15.9 Å². The molecule has 3 rings (SSSR count). The quantitative estimate of drug-likeness (QED) is 0.873. The molecule has 0 aliphatic carbocycles. The van der Waals surface area contributed by atoms with Crippen molar-refractivity contribution in [3.05, 3.63) is 34.4 Å². The average molecular weight is 339 g/mol. The lowest BCUT2D eigenvalue weighted by Crippen LogP contribution is -2.46. The van der Waals surface area contributed by atoms with Crippen LogP contribution in [-0.2, 0) is 0 Å². The van der Waals surface area contributed by atoms with Crippen molar-refractivity contribution < 1.29 is 0 Å². The van der Waals surface area contributed by atoms with Gasteiger partial charge in [-0.2, -0.15) is 4.98 Å². The Labute approximate surface area is 138 Å². The Balaban J connectivity index is 1.70. The maximum Gasteiger partial charge on any atom is 0.222 e. The van der Waals surface area contributed by atoms with Crippen LogP contribution in [0, 0.1) is 0 Å². The molecule has 8 heteroatoms. The summed E-state index contributed by atoms with van der Waals surface area (Å²) in [5, 5.41) is 1.13. The first kappa shape index (κ1) is 15.0. The van der Waals surface area contributed by atoms with E-state index in [1.165, 1.54) is 0 Å². The number of aromatic nitrogens is 2. The second-order valence-corrected chi connectivity index (χ2v) is 5.89. The largest absolute Gasteiger partial charge is 0.382 e. The molecule has 0 amide bonds. The molecule has 0 unspecified atom stereocenters. The summed E-state index contributed by atoms with van der Waals surface area (Å²) >= 11 is 12.0. The molecule has 0 atom stereocenters. The molecular weight excluding hydrogens is 323 g/mol. The summed E-state index contributed by atoms with van der Waals surface area (Å²) in [6.45, 7) is 3.33. The number of nitrogens with two attached hydrogens (primary N) is 2. The lowest BCUT2D eigenvalue weighted by Gasteiger charge is -2.37. The predicted octanol–water partition coefficient (Wildman–Crippen LogP) is 2.27. The van der Waals surface area contributed by atoms with Gasteiger partial charge in [0.2, 0.25) is 5.95 Å². The number of nitrogen functional groups attached to an aromatic ring is 2. The number of benzene rings is 1. The van der Waals surface area contributed by atoms with Gasteiger partial charge in [0, 0.05) is 31.9 Å². The van der Waals surface area contributed by atoms with Gasteiger partial charge in [-0.15, -0.1) is 0 Å². The van der Waals surface area contributed by atoms with Gasteiger partial charge >= 0.3 is 0 Å². The van der Waals surface area contributed by atoms with Crippen molar-refractivity contribution in [3.63, 3.8) is 0 Å². The number of anilines is 4. The normalized spacial score (nSPS) is 15.2. The second-order valence-electron chi connectivity index (χ2n) is 5.07. The van der Waals surface area contributed by atoms with Crippen molar-refractivity contribution >= 4 is 46.3 Å². The third kappa shape index (κ3) is 2.98. The van der Waals surface area contributed by atoms with Crippen molar-refractivity contribution in [2.24, 2.45) is 0 Å². The number of hydrogen-bond acceptors (Lipinski definition) is 6. The third-order valence-electron chi connectivity index (χ3n) is 3.71. The van der Waals surface area contributed by atoms with Crippen LogP contribution < -0.4 is 21.3 Å². The molecule has 1 fully saturated rings. The van der Waals surface area contributed by atoms with Crippen molar-refractivity contribution in [2.75, 3.05) is 47.4 Å². The molecule has 2 aromatic rings. The molecule has 1 saturated heterocycles. The Kier molecular flexibility index (Phi) is 4.13. The maximum absolute atomic E-state index is 6.08. The lowest BCUT2D eigenvalue weighted by atomic mass is 10.2. The topological polar surface area (TPSA) is 84.3 Å². The van der Waals surface area contributed by atoms with Gasteiger partial charge in [-0.25, -0.2) is 4.98 Å². The standard InChI is InChI=1S/C14H16Cl2N6/c15-10-2-1-9(7-11(10)16)21-3-5-22(6-4-21)12-8-19-14(18)20-13(12)17/h1-2,7-8H,3-6H2,(H4,17,18,19,20). The summed E-state index contributed by atoms with van der Waals surface area (Å²) in [4.78, 5) is 12.4.